The molecule has 0 aliphatic carbocycles. The molecule has 0 saturated heterocycles. The SMILES string of the molecule is c1ccc(-c2cnc(-n3c4ccccc4c4ccc5c6ccccc6n(-c6ccccc6)c5c43)s2)cc1. The average molecular weight is 492 g/mol. The van der Waals surface area contributed by atoms with Crippen molar-refractivity contribution in [2.24, 2.45) is 0 Å². The van der Waals surface area contributed by atoms with Crippen molar-refractivity contribution < 1.29 is 0 Å². The highest BCUT2D eigenvalue weighted by atomic mass is 32.1. The van der Waals surface area contributed by atoms with Crippen LogP contribution in [0.5, 0.6) is 0 Å². The van der Waals surface area contributed by atoms with Gasteiger partial charge in [0.15, 0.2) is 5.13 Å². The van der Waals surface area contributed by atoms with Crippen LogP contribution in [0, 0.1) is 0 Å². The van der Waals surface area contributed by atoms with Crippen molar-refractivity contribution in [3.8, 4) is 21.3 Å². The number of rotatable bonds is 3. The summed E-state index contributed by atoms with van der Waals surface area (Å²) in [6.07, 6.45) is 2.00. The molecule has 5 aromatic carbocycles. The molecule has 0 fully saturated rings. The first-order valence-corrected chi connectivity index (χ1v) is 13.2. The van der Waals surface area contributed by atoms with Gasteiger partial charge in [0, 0.05) is 33.4 Å². The fraction of sp³-hybridized carbons (Fsp3) is 0. The molecule has 4 heteroatoms. The number of benzene rings is 5. The number of fused-ring (bicyclic) bond motifs is 7. The van der Waals surface area contributed by atoms with Crippen molar-refractivity contribution in [3.05, 3.63) is 128 Å². The van der Waals surface area contributed by atoms with E-state index >= 15 is 0 Å². The molecule has 0 aliphatic rings. The first kappa shape index (κ1) is 20.5. The highest BCUT2D eigenvalue weighted by Crippen LogP contribution is 2.42. The van der Waals surface area contributed by atoms with Crippen LogP contribution in [0.2, 0.25) is 0 Å². The topological polar surface area (TPSA) is 22.8 Å². The molecule has 8 aromatic rings. The highest BCUT2D eigenvalue weighted by Gasteiger charge is 2.22. The van der Waals surface area contributed by atoms with Gasteiger partial charge in [-0.2, -0.15) is 0 Å². The van der Waals surface area contributed by atoms with Crippen LogP contribution in [0.25, 0.3) is 64.9 Å². The van der Waals surface area contributed by atoms with Gasteiger partial charge in [0.05, 0.1) is 26.9 Å². The summed E-state index contributed by atoms with van der Waals surface area (Å²) in [7, 11) is 0. The summed E-state index contributed by atoms with van der Waals surface area (Å²) in [5.41, 5.74) is 7.11. The number of nitrogens with zero attached hydrogens (tertiary/aromatic N) is 3. The van der Waals surface area contributed by atoms with Crippen molar-refractivity contribution in [2.45, 2.75) is 0 Å². The molecule has 3 nitrogen and oxygen atoms in total. The molecule has 8 rings (SSSR count). The predicted octanol–water partition coefficient (Wildman–Crippen LogP) is 9.00. The molecule has 0 N–H and O–H groups in total. The maximum absolute atomic E-state index is 4.97. The number of hydrogen-bond acceptors (Lipinski definition) is 2. The lowest BCUT2D eigenvalue weighted by atomic mass is 10.1. The second kappa shape index (κ2) is 7.92. The zero-order valence-electron chi connectivity index (χ0n) is 19.9. The van der Waals surface area contributed by atoms with Gasteiger partial charge in [-0.15, -0.1) is 0 Å². The van der Waals surface area contributed by atoms with Crippen LogP contribution in [-0.4, -0.2) is 14.1 Å². The number of thiazole rings is 1. The number of para-hydroxylation sites is 3. The lowest BCUT2D eigenvalue weighted by molar-refractivity contribution is 1.12. The van der Waals surface area contributed by atoms with Crippen LogP contribution in [0.15, 0.2) is 128 Å². The Kier molecular flexibility index (Phi) is 4.39. The van der Waals surface area contributed by atoms with Crippen LogP contribution in [-0.2, 0) is 0 Å². The summed E-state index contributed by atoms with van der Waals surface area (Å²) in [5.74, 6) is 0. The molecule has 0 bridgehead atoms. The Bertz CT molecular complexity index is 2080. The Balaban J connectivity index is 1.56. The first-order valence-electron chi connectivity index (χ1n) is 12.4. The maximum Gasteiger partial charge on any atom is 0.195 e. The zero-order chi connectivity index (χ0) is 24.3. The molecule has 0 saturated carbocycles. The van der Waals surface area contributed by atoms with Gasteiger partial charge in [-0.25, -0.2) is 4.98 Å². The molecule has 0 amide bonds. The fourth-order valence-electron chi connectivity index (χ4n) is 5.65. The van der Waals surface area contributed by atoms with Crippen molar-refractivity contribution in [1.82, 2.24) is 14.1 Å². The quantitative estimate of drug-likeness (QED) is 0.242. The molecular weight excluding hydrogens is 470 g/mol. The largest absolute Gasteiger partial charge is 0.307 e. The van der Waals surface area contributed by atoms with E-state index in [0.29, 0.717) is 0 Å². The Labute approximate surface area is 217 Å². The van der Waals surface area contributed by atoms with E-state index in [1.165, 1.54) is 49.2 Å². The summed E-state index contributed by atoms with van der Waals surface area (Å²) in [6, 6.07) is 43.1. The third-order valence-corrected chi connectivity index (χ3v) is 8.26. The Morgan fingerprint density at radius 2 is 1.03 bits per heavy atom. The lowest BCUT2D eigenvalue weighted by Gasteiger charge is -2.10. The van der Waals surface area contributed by atoms with Crippen molar-refractivity contribution in [1.29, 1.82) is 0 Å². The van der Waals surface area contributed by atoms with Gasteiger partial charge in [0.1, 0.15) is 0 Å². The number of aromatic nitrogens is 3. The fourth-order valence-corrected chi connectivity index (χ4v) is 6.59. The van der Waals surface area contributed by atoms with Gasteiger partial charge in [0.2, 0.25) is 0 Å². The zero-order valence-corrected chi connectivity index (χ0v) is 20.7. The highest BCUT2D eigenvalue weighted by molar-refractivity contribution is 7.17. The van der Waals surface area contributed by atoms with Gasteiger partial charge in [-0.1, -0.05) is 108 Å². The molecule has 0 radical (unpaired) electrons. The molecule has 0 spiro atoms. The normalized spacial score (nSPS) is 11.8. The molecule has 174 valence electrons. The summed E-state index contributed by atoms with van der Waals surface area (Å²) in [4.78, 5) is 6.13. The molecule has 0 atom stereocenters. The van der Waals surface area contributed by atoms with E-state index in [1.807, 2.05) is 6.20 Å². The molecular formula is C33H21N3S. The van der Waals surface area contributed by atoms with Gasteiger partial charge in [0.25, 0.3) is 0 Å². The van der Waals surface area contributed by atoms with Gasteiger partial charge in [-0.3, -0.25) is 4.57 Å². The van der Waals surface area contributed by atoms with E-state index in [4.69, 9.17) is 4.98 Å². The van der Waals surface area contributed by atoms with Crippen LogP contribution in [0.1, 0.15) is 0 Å². The predicted molar refractivity (Wildman–Crippen MR) is 156 cm³/mol. The minimum Gasteiger partial charge on any atom is -0.307 e. The lowest BCUT2D eigenvalue weighted by Crippen LogP contribution is -1.98. The minimum absolute atomic E-state index is 0.974. The summed E-state index contributed by atoms with van der Waals surface area (Å²) in [5, 5.41) is 5.95. The van der Waals surface area contributed by atoms with E-state index in [2.05, 4.69) is 130 Å². The van der Waals surface area contributed by atoms with Gasteiger partial charge < -0.3 is 4.57 Å². The Morgan fingerprint density at radius 3 is 1.70 bits per heavy atom. The Hall–Kier alpha value is -4.67. The second-order valence-corrected chi connectivity index (χ2v) is 10.3. The van der Waals surface area contributed by atoms with Gasteiger partial charge >= 0.3 is 0 Å². The van der Waals surface area contributed by atoms with E-state index in [0.717, 1.165) is 15.7 Å². The van der Waals surface area contributed by atoms with Crippen LogP contribution >= 0.6 is 11.3 Å². The Morgan fingerprint density at radius 1 is 0.486 bits per heavy atom. The third kappa shape index (κ3) is 2.97. The van der Waals surface area contributed by atoms with Crippen LogP contribution < -0.4 is 0 Å². The minimum atomic E-state index is 0.974. The van der Waals surface area contributed by atoms with Crippen LogP contribution in [0.4, 0.5) is 0 Å². The van der Waals surface area contributed by atoms with E-state index in [-0.39, 0.29) is 0 Å². The summed E-state index contributed by atoms with van der Waals surface area (Å²) < 4.78 is 4.77. The van der Waals surface area contributed by atoms with E-state index in [9.17, 15) is 0 Å². The van der Waals surface area contributed by atoms with E-state index < -0.39 is 0 Å². The molecule has 0 unspecified atom stereocenters. The maximum atomic E-state index is 4.97. The van der Waals surface area contributed by atoms with E-state index in [1.54, 1.807) is 11.3 Å². The first-order chi connectivity index (χ1) is 18.4. The summed E-state index contributed by atoms with van der Waals surface area (Å²) in [6.45, 7) is 0. The molecule has 37 heavy (non-hydrogen) atoms. The summed E-state index contributed by atoms with van der Waals surface area (Å²) >= 11 is 1.73. The molecule has 3 aromatic heterocycles. The smallest absolute Gasteiger partial charge is 0.195 e. The second-order valence-electron chi connectivity index (χ2n) is 9.27. The number of hydrogen-bond donors (Lipinski definition) is 0. The average Bonchev–Trinajstić information content (AvgIpc) is 3.66. The van der Waals surface area contributed by atoms with Crippen molar-refractivity contribution in [3.63, 3.8) is 0 Å². The molecule has 3 heterocycles. The monoisotopic (exact) mass is 491 g/mol. The third-order valence-electron chi connectivity index (χ3n) is 7.23. The van der Waals surface area contributed by atoms with Crippen LogP contribution in [0.3, 0.4) is 0 Å². The van der Waals surface area contributed by atoms with Crippen molar-refractivity contribution >= 4 is 54.9 Å². The standard InChI is InChI=1S/C33H21N3S/c1-3-11-22(12-4-1)30-21-34-33(37-30)36-29-18-10-8-16-25(29)27-20-19-26-24-15-7-9-17-28(24)35(31(26)32(27)36)23-13-5-2-6-14-23/h1-21H. The molecule has 0 aliphatic heterocycles. The van der Waals surface area contributed by atoms with Gasteiger partial charge in [-0.05, 0) is 29.8 Å². The van der Waals surface area contributed by atoms with Crippen molar-refractivity contribution in [2.75, 3.05) is 0 Å².